The molecule has 0 spiro atoms. The summed E-state index contributed by atoms with van der Waals surface area (Å²) in [7, 11) is 0. The van der Waals surface area contributed by atoms with Gasteiger partial charge in [-0.2, -0.15) is 20.8 Å². The van der Waals surface area contributed by atoms with Crippen LogP contribution in [0.5, 0.6) is 0 Å². The van der Waals surface area contributed by atoms with Crippen molar-refractivity contribution >= 4 is 0 Å². The van der Waals surface area contributed by atoms with Gasteiger partial charge < -0.3 is 11.5 Å². The maximum Gasteiger partial charge on any atom is 0.176 e. The van der Waals surface area contributed by atoms with Crippen molar-refractivity contribution in [1.29, 1.82) is 10.5 Å². The van der Waals surface area contributed by atoms with E-state index in [4.69, 9.17) is 22.0 Å². The van der Waals surface area contributed by atoms with Crippen molar-refractivity contribution in [1.82, 2.24) is 0 Å². The Morgan fingerprint density at radius 3 is 1.43 bits per heavy atom. The van der Waals surface area contributed by atoms with Gasteiger partial charge in [-0.25, -0.2) is 0 Å². The van der Waals surface area contributed by atoms with Crippen molar-refractivity contribution in [2.24, 2.45) is 21.7 Å². The van der Waals surface area contributed by atoms with Gasteiger partial charge in [0.1, 0.15) is 0 Å². The quantitative estimate of drug-likeness (QED) is 0.607. The fourth-order valence-corrected chi connectivity index (χ4v) is 0.438. The first-order valence-electron chi connectivity index (χ1n) is 4.12. The van der Waals surface area contributed by atoms with Crippen LogP contribution in [-0.4, -0.2) is 24.2 Å². The average Bonchev–Trinajstić information content (AvgIpc) is 2.25. The van der Waals surface area contributed by atoms with Gasteiger partial charge in [0.05, 0.1) is 12.1 Å². The normalized spacial score (nSPS) is 19.3. The number of hydrogen-bond acceptors (Lipinski definition) is 6. The van der Waals surface area contributed by atoms with Gasteiger partial charge in [-0.05, 0) is 13.8 Å². The largest absolute Gasteiger partial charge is 0.327 e. The molecule has 0 aromatic rings. The van der Waals surface area contributed by atoms with E-state index in [0.717, 1.165) is 0 Å². The van der Waals surface area contributed by atoms with Gasteiger partial charge in [0.25, 0.3) is 0 Å². The smallest absolute Gasteiger partial charge is 0.176 e. The second-order valence-corrected chi connectivity index (χ2v) is 3.38. The molecule has 0 rings (SSSR count). The Labute approximate surface area is 83.2 Å². The fourth-order valence-electron chi connectivity index (χ4n) is 0.438. The molecule has 0 heterocycles. The maximum absolute atomic E-state index is 8.73. The molecule has 0 saturated carbocycles. The molecule has 2 atom stereocenters. The summed E-state index contributed by atoms with van der Waals surface area (Å²) >= 11 is 0. The molecule has 0 saturated heterocycles. The lowest BCUT2D eigenvalue weighted by molar-refractivity contribution is 0.501. The highest BCUT2D eigenvalue weighted by molar-refractivity contribution is 5.08. The predicted molar refractivity (Wildman–Crippen MR) is 51.0 cm³/mol. The fraction of sp³-hybridized carbons (Fsp3) is 0.750. The van der Waals surface area contributed by atoms with E-state index in [1.807, 2.05) is 12.1 Å². The molecular weight excluding hydrogens is 180 g/mol. The lowest BCUT2D eigenvalue weighted by atomic mass is 10.1. The van der Waals surface area contributed by atoms with Gasteiger partial charge in [0.15, 0.2) is 11.1 Å². The van der Waals surface area contributed by atoms with Crippen molar-refractivity contribution in [3.63, 3.8) is 0 Å². The van der Waals surface area contributed by atoms with Gasteiger partial charge in [-0.1, -0.05) is 0 Å². The standard InChI is InChI=1S/C8H14N6/c1-7(3-9,4-10)13-14-8(2,5-11)6-12/h3,5,9,11H2,1-2H3. The zero-order valence-corrected chi connectivity index (χ0v) is 8.36. The van der Waals surface area contributed by atoms with Crippen LogP contribution >= 0.6 is 0 Å². The zero-order valence-electron chi connectivity index (χ0n) is 8.36. The van der Waals surface area contributed by atoms with Gasteiger partial charge in [-0.3, -0.25) is 0 Å². The molecule has 2 unspecified atom stereocenters. The summed E-state index contributed by atoms with van der Waals surface area (Å²) in [6.45, 7) is 3.20. The number of azo groups is 1. The Hall–Kier alpha value is -1.50. The van der Waals surface area contributed by atoms with Gasteiger partial charge in [0.2, 0.25) is 0 Å². The predicted octanol–water partition coefficient (Wildman–Crippen LogP) is -0.0794. The summed E-state index contributed by atoms with van der Waals surface area (Å²) in [5.41, 5.74) is 8.53. The van der Waals surface area contributed by atoms with Crippen LogP contribution in [0.4, 0.5) is 0 Å². The molecule has 14 heavy (non-hydrogen) atoms. The number of hydrogen-bond donors (Lipinski definition) is 2. The van der Waals surface area contributed by atoms with Gasteiger partial charge >= 0.3 is 0 Å². The summed E-state index contributed by atoms with van der Waals surface area (Å²) in [5.74, 6) is 0. The van der Waals surface area contributed by atoms with E-state index in [-0.39, 0.29) is 13.1 Å². The molecule has 0 aliphatic heterocycles. The molecule has 0 fully saturated rings. The van der Waals surface area contributed by atoms with Crippen molar-refractivity contribution in [2.45, 2.75) is 24.9 Å². The Morgan fingerprint density at radius 1 is 1.00 bits per heavy atom. The summed E-state index contributed by atoms with van der Waals surface area (Å²) < 4.78 is 0. The Kier molecular flexibility index (Phi) is 4.16. The summed E-state index contributed by atoms with van der Waals surface area (Å²) in [4.78, 5) is 0. The molecule has 0 radical (unpaired) electrons. The third-order valence-electron chi connectivity index (χ3n) is 1.77. The molecule has 0 amide bonds. The minimum atomic E-state index is -1.08. The highest BCUT2D eigenvalue weighted by Crippen LogP contribution is 2.13. The van der Waals surface area contributed by atoms with E-state index in [2.05, 4.69) is 10.2 Å². The first-order chi connectivity index (χ1) is 6.45. The molecule has 4 N–H and O–H groups in total. The van der Waals surface area contributed by atoms with Gasteiger partial charge in [-0.15, -0.1) is 0 Å². The molecule has 0 aromatic heterocycles. The topological polar surface area (TPSA) is 124 Å². The van der Waals surface area contributed by atoms with Crippen molar-refractivity contribution in [2.75, 3.05) is 13.1 Å². The SMILES string of the molecule is CC(C#N)(CN)N=NC(C)(C#N)CN. The minimum Gasteiger partial charge on any atom is -0.327 e. The Balaban J connectivity index is 4.76. The first kappa shape index (κ1) is 12.5. The summed E-state index contributed by atoms with van der Waals surface area (Å²) in [6.07, 6.45) is 0. The zero-order chi connectivity index (χ0) is 11.2. The van der Waals surface area contributed by atoms with Crippen molar-refractivity contribution in [3.8, 4) is 12.1 Å². The average molecular weight is 194 g/mol. The molecule has 0 aliphatic rings. The van der Waals surface area contributed by atoms with E-state index in [9.17, 15) is 0 Å². The van der Waals surface area contributed by atoms with Crippen LogP contribution in [0.25, 0.3) is 0 Å². The lowest BCUT2D eigenvalue weighted by Crippen LogP contribution is -2.34. The van der Waals surface area contributed by atoms with Crippen LogP contribution in [-0.2, 0) is 0 Å². The second-order valence-electron chi connectivity index (χ2n) is 3.38. The number of nitriles is 2. The molecule has 6 nitrogen and oxygen atoms in total. The number of nitrogens with two attached hydrogens (primary N) is 2. The van der Waals surface area contributed by atoms with E-state index in [1.54, 1.807) is 13.8 Å². The maximum atomic E-state index is 8.73. The molecule has 76 valence electrons. The summed E-state index contributed by atoms with van der Waals surface area (Å²) in [6, 6.07) is 3.83. The third kappa shape index (κ3) is 3.09. The van der Waals surface area contributed by atoms with Crippen LogP contribution in [0, 0.1) is 22.7 Å². The third-order valence-corrected chi connectivity index (χ3v) is 1.77. The molecular formula is C8H14N6. The van der Waals surface area contributed by atoms with E-state index >= 15 is 0 Å². The highest BCUT2D eigenvalue weighted by Gasteiger charge is 2.25. The first-order valence-corrected chi connectivity index (χ1v) is 4.12. The van der Waals surface area contributed by atoms with Crippen molar-refractivity contribution in [3.05, 3.63) is 0 Å². The lowest BCUT2D eigenvalue weighted by Gasteiger charge is -2.16. The van der Waals surface area contributed by atoms with Crippen LogP contribution < -0.4 is 11.5 Å². The minimum absolute atomic E-state index is 0.0546. The van der Waals surface area contributed by atoms with Gasteiger partial charge in [0, 0.05) is 13.1 Å². The van der Waals surface area contributed by atoms with E-state index in [0.29, 0.717) is 0 Å². The molecule has 0 aliphatic carbocycles. The van der Waals surface area contributed by atoms with E-state index < -0.39 is 11.1 Å². The van der Waals surface area contributed by atoms with E-state index in [1.165, 1.54) is 0 Å². The second kappa shape index (κ2) is 4.66. The Bertz CT molecular complexity index is 268. The Morgan fingerprint density at radius 2 is 1.29 bits per heavy atom. The van der Waals surface area contributed by atoms with Crippen molar-refractivity contribution < 1.29 is 0 Å². The summed E-state index contributed by atoms with van der Waals surface area (Å²) in [5, 5.41) is 24.9. The monoisotopic (exact) mass is 194 g/mol. The van der Waals surface area contributed by atoms with Crippen LogP contribution in [0.2, 0.25) is 0 Å². The van der Waals surface area contributed by atoms with Crippen LogP contribution in [0.1, 0.15) is 13.8 Å². The molecule has 0 bridgehead atoms. The number of nitrogens with zero attached hydrogens (tertiary/aromatic N) is 4. The molecule has 6 heteroatoms. The van der Waals surface area contributed by atoms with Crippen LogP contribution in [0.15, 0.2) is 10.2 Å². The number of rotatable bonds is 4. The molecule has 0 aromatic carbocycles. The highest BCUT2D eigenvalue weighted by atomic mass is 15.2. The van der Waals surface area contributed by atoms with Crippen LogP contribution in [0.3, 0.4) is 0 Å².